The van der Waals surface area contributed by atoms with Crippen LogP contribution in [0.1, 0.15) is 25.7 Å². The highest BCUT2D eigenvalue weighted by atomic mass is 32.1. The van der Waals surface area contributed by atoms with Gasteiger partial charge in [-0.25, -0.2) is 0 Å². The summed E-state index contributed by atoms with van der Waals surface area (Å²) in [7, 11) is 1.84. The Hall–Kier alpha value is -2.09. The van der Waals surface area contributed by atoms with E-state index in [0.29, 0.717) is 6.04 Å². The molecule has 0 atom stereocenters. The second kappa shape index (κ2) is 9.41. The molecule has 0 unspecified atom stereocenters. The van der Waals surface area contributed by atoms with Crippen LogP contribution in [0.3, 0.4) is 0 Å². The summed E-state index contributed by atoms with van der Waals surface area (Å²) in [6.45, 7) is 4.10. The molecule has 0 spiro atoms. The Morgan fingerprint density at radius 1 is 1.28 bits per heavy atom. The summed E-state index contributed by atoms with van der Waals surface area (Å²) in [6, 6.07) is 4.83. The van der Waals surface area contributed by atoms with E-state index in [1.54, 1.807) is 12.7 Å². The summed E-state index contributed by atoms with van der Waals surface area (Å²) < 4.78 is 2.01. The molecule has 0 amide bonds. The van der Waals surface area contributed by atoms with Gasteiger partial charge in [0.1, 0.15) is 12.7 Å². The molecule has 25 heavy (non-hydrogen) atoms. The molecule has 1 aliphatic rings. The molecule has 2 aromatic rings. The molecule has 0 radical (unpaired) electrons. The zero-order valence-electron chi connectivity index (χ0n) is 14.8. The van der Waals surface area contributed by atoms with E-state index in [1.165, 1.54) is 5.00 Å². The highest BCUT2D eigenvalue weighted by Gasteiger charge is 2.20. The zero-order chi connectivity index (χ0) is 17.3. The van der Waals surface area contributed by atoms with Gasteiger partial charge in [0.05, 0.1) is 5.00 Å². The van der Waals surface area contributed by atoms with Crippen molar-refractivity contribution in [3.63, 3.8) is 0 Å². The highest BCUT2D eigenvalue weighted by Crippen LogP contribution is 2.24. The number of anilines is 1. The molecular formula is C17H27N7S. The third-order valence-electron chi connectivity index (χ3n) is 4.48. The number of guanidine groups is 1. The molecule has 1 saturated heterocycles. The third-order valence-corrected chi connectivity index (χ3v) is 5.41. The Morgan fingerprint density at radius 3 is 2.76 bits per heavy atom. The van der Waals surface area contributed by atoms with Gasteiger partial charge in [-0.15, -0.1) is 21.5 Å². The lowest BCUT2D eigenvalue weighted by molar-refractivity contribution is 0.462. The van der Waals surface area contributed by atoms with Crippen molar-refractivity contribution in [2.24, 2.45) is 4.99 Å². The normalized spacial score (nSPS) is 16.2. The lowest BCUT2D eigenvalue weighted by Gasteiger charge is -2.33. The Labute approximate surface area is 153 Å². The van der Waals surface area contributed by atoms with Crippen LogP contribution in [0.15, 0.2) is 35.2 Å². The monoisotopic (exact) mass is 361 g/mol. The minimum absolute atomic E-state index is 0.499. The molecule has 0 aliphatic carbocycles. The smallest absolute Gasteiger partial charge is 0.191 e. The van der Waals surface area contributed by atoms with Crippen molar-refractivity contribution in [3.05, 3.63) is 30.2 Å². The number of thiophene rings is 1. The number of aryl methyl sites for hydroxylation is 1. The average molecular weight is 362 g/mol. The number of hydrogen-bond donors (Lipinski definition) is 2. The van der Waals surface area contributed by atoms with Gasteiger partial charge < -0.3 is 20.1 Å². The highest BCUT2D eigenvalue weighted by molar-refractivity contribution is 7.14. The van der Waals surface area contributed by atoms with Crippen LogP contribution in [-0.4, -0.2) is 53.4 Å². The predicted octanol–water partition coefficient (Wildman–Crippen LogP) is 1.95. The Morgan fingerprint density at radius 2 is 2.08 bits per heavy atom. The van der Waals surface area contributed by atoms with Crippen molar-refractivity contribution in [3.8, 4) is 0 Å². The quantitative estimate of drug-likeness (QED) is 0.448. The van der Waals surface area contributed by atoms with E-state index in [2.05, 4.69) is 48.2 Å². The second-order valence-electron chi connectivity index (χ2n) is 6.26. The maximum absolute atomic E-state index is 4.36. The molecule has 7 nitrogen and oxygen atoms in total. The third kappa shape index (κ3) is 5.45. The summed E-state index contributed by atoms with van der Waals surface area (Å²) >= 11 is 1.82. The fraction of sp³-hybridized carbons (Fsp3) is 0.588. The van der Waals surface area contributed by atoms with Crippen molar-refractivity contribution >= 4 is 22.3 Å². The molecule has 2 aromatic heterocycles. The molecule has 8 heteroatoms. The van der Waals surface area contributed by atoms with Crippen LogP contribution in [0.2, 0.25) is 0 Å². The first-order valence-electron chi connectivity index (χ1n) is 8.93. The van der Waals surface area contributed by atoms with E-state index in [1.807, 2.05) is 23.0 Å². The van der Waals surface area contributed by atoms with Gasteiger partial charge in [-0.3, -0.25) is 4.99 Å². The van der Waals surface area contributed by atoms with E-state index >= 15 is 0 Å². The Bertz CT molecular complexity index is 615. The summed E-state index contributed by atoms with van der Waals surface area (Å²) in [5.74, 6) is 0.916. The topological polar surface area (TPSA) is 70.4 Å². The van der Waals surface area contributed by atoms with Gasteiger partial charge in [0.25, 0.3) is 0 Å². The fourth-order valence-corrected chi connectivity index (χ4v) is 3.83. The van der Waals surface area contributed by atoms with Gasteiger partial charge in [-0.05, 0) is 43.2 Å². The Balaban J connectivity index is 1.31. The van der Waals surface area contributed by atoms with Gasteiger partial charge in [-0.1, -0.05) is 0 Å². The molecular weight excluding hydrogens is 334 g/mol. The molecule has 0 aromatic carbocycles. The van der Waals surface area contributed by atoms with Crippen LogP contribution < -0.4 is 15.5 Å². The van der Waals surface area contributed by atoms with Crippen molar-refractivity contribution in [1.82, 2.24) is 25.4 Å². The minimum Gasteiger partial charge on any atom is -0.363 e. The van der Waals surface area contributed by atoms with Crippen LogP contribution in [0.25, 0.3) is 0 Å². The number of rotatable bonds is 7. The molecule has 1 aliphatic heterocycles. The maximum atomic E-state index is 4.36. The predicted molar refractivity (Wildman–Crippen MR) is 103 cm³/mol. The van der Waals surface area contributed by atoms with Gasteiger partial charge in [0.15, 0.2) is 5.96 Å². The van der Waals surface area contributed by atoms with E-state index < -0.39 is 0 Å². The summed E-state index contributed by atoms with van der Waals surface area (Å²) in [5, 5.41) is 18.1. The van der Waals surface area contributed by atoms with Crippen LogP contribution in [0.5, 0.6) is 0 Å². The van der Waals surface area contributed by atoms with E-state index in [9.17, 15) is 0 Å². The lowest BCUT2D eigenvalue weighted by Crippen LogP contribution is -2.48. The largest absolute Gasteiger partial charge is 0.363 e. The number of nitrogens with one attached hydrogen (secondary N) is 2. The van der Waals surface area contributed by atoms with Gasteiger partial charge >= 0.3 is 0 Å². The van der Waals surface area contributed by atoms with Crippen molar-refractivity contribution in [1.29, 1.82) is 0 Å². The first kappa shape index (κ1) is 17.7. The average Bonchev–Trinajstić information content (AvgIpc) is 3.35. The summed E-state index contributed by atoms with van der Waals surface area (Å²) in [4.78, 5) is 6.83. The maximum Gasteiger partial charge on any atom is 0.191 e. The molecule has 2 N–H and O–H groups in total. The number of aromatic nitrogens is 3. The van der Waals surface area contributed by atoms with Crippen LogP contribution in [0, 0.1) is 0 Å². The molecule has 1 fully saturated rings. The van der Waals surface area contributed by atoms with Crippen LogP contribution in [-0.2, 0) is 6.54 Å². The SMILES string of the molecule is CN=C(NCCCCn1cnnc1)NC1CCN(c2cccs2)CC1. The molecule has 3 heterocycles. The van der Waals surface area contributed by atoms with Gasteiger partial charge in [-0.2, -0.15) is 0 Å². The number of piperidine rings is 1. The second-order valence-corrected chi connectivity index (χ2v) is 7.19. The molecule has 0 bridgehead atoms. The van der Waals surface area contributed by atoms with Gasteiger partial charge in [0.2, 0.25) is 0 Å². The summed E-state index contributed by atoms with van der Waals surface area (Å²) in [6.07, 6.45) is 8.00. The Kier molecular flexibility index (Phi) is 6.67. The van der Waals surface area contributed by atoms with Crippen molar-refractivity contribution in [2.45, 2.75) is 38.3 Å². The van der Waals surface area contributed by atoms with Crippen molar-refractivity contribution < 1.29 is 0 Å². The number of unbranched alkanes of at least 4 members (excludes halogenated alkanes) is 1. The number of hydrogen-bond acceptors (Lipinski definition) is 5. The van der Waals surface area contributed by atoms with E-state index in [0.717, 1.165) is 57.8 Å². The summed E-state index contributed by atoms with van der Waals surface area (Å²) in [5.41, 5.74) is 0. The molecule has 0 saturated carbocycles. The van der Waals surface area contributed by atoms with Crippen LogP contribution in [0.4, 0.5) is 5.00 Å². The lowest BCUT2D eigenvalue weighted by atomic mass is 10.1. The number of nitrogens with zero attached hydrogens (tertiary/aromatic N) is 5. The number of aliphatic imine (C=N–C) groups is 1. The van der Waals surface area contributed by atoms with E-state index in [4.69, 9.17) is 0 Å². The van der Waals surface area contributed by atoms with Gasteiger partial charge in [0, 0.05) is 39.3 Å². The minimum atomic E-state index is 0.499. The zero-order valence-corrected chi connectivity index (χ0v) is 15.6. The first-order chi connectivity index (χ1) is 12.3. The molecule has 3 rings (SSSR count). The molecule has 136 valence electrons. The van der Waals surface area contributed by atoms with Crippen LogP contribution >= 0.6 is 11.3 Å². The fourth-order valence-electron chi connectivity index (χ4n) is 3.05. The standard InChI is InChI=1S/C17H27N7S/c1-18-17(19-8-2-3-9-23-13-20-21-14-23)22-15-6-10-24(11-7-15)16-5-4-12-25-16/h4-5,12-15H,2-3,6-11H2,1H3,(H2,18,19,22). The van der Waals surface area contributed by atoms with E-state index in [-0.39, 0.29) is 0 Å². The first-order valence-corrected chi connectivity index (χ1v) is 9.81. The van der Waals surface area contributed by atoms with Crippen molar-refractivity contribution in [2.75, 3.05) is 31.6 Å².